The first-order chi connectivity index (χ1) is 10.2. The summed E-state index contributed by atoms with van der Waals surface area (Å²) in [5.74, 6) is -2.56. The van der Waals surface area contributed by atoms with Crippen molar-refractivity contribution in [1.82, 2.24) is 0 Å². The van der Waals surface area contributed by atoms with Gasteiger partial charge in [0, 0.05) is 5.56 Å². The largest absolute Gasteiger partial charge is 0.294 e. The van der Waals surface area contributed by atoms with Crippen LogP contribution in [-0.2, 0) is 9.59 Å². The number of benzene rings is 2. The Kier molecular flexibility index (Phi) is 3.32. The van der Waals surface area contributed by atoms with E-state index < -0.39 is 17.5 Å². The fourth-order valence-corrected chi connectivity index (χ4v) is 2.48. The van der Waals surface area contributed by atoms with Crippen molar-refractivity contribution < 1.29 is 14.4 Å². The molecule has 1 aliphatic carbocycles. The average molecular weight is 276 g/mol. The van der Waals surface area contributed by atoms with Crippen LogP contribution in [0.4, 0.5) is 0 Å². The molecule has 0 spiro atoms. The summed E-state index contributed by atoms with van der Waals surface area (Å²) in [4.78, 5) is 36.1. The van der Waals surface area contributed by atoms with E-state index in [4.69, 9.17) is 0 Å². The van der Waals surface area contributed by atoms with Crippen LogP contribution in [0.3, 0.4) is 0 Å². The van der Waals surface area contributed by atoms with Crippen molar-refractivity contribution >= 4 is 23.4 Å². The Bertz CT molecular complexity index is 757. The van der Waals surface area contributed by atoms with Crippen molar-refractivity contribution in [2.75, 3.05) is 0 Å². The van der Waals surface area contributed by atoms with Crippen LogP contribution in [0.15, 0.2) is 60.7 Å². The standard InChI is InChI=1S/C18H12O3/c19-15(11-10-12-6-2-1-3-7-12)16-13-8-4-5-9-14(13)17(20)18(16)21/h1-11,16H. The van der Waals surface area contributed by atoms with E-state index in [1.807, 2.05) is 30.3 Å². The number of carbonyl (C=O) groups is 3. The molecule has 0 aromatic heterocycles. The first-order valence-electron chi connectivity index (χ1n) is 6.63. The minimum atomic E-state index is -0.992. The maximum atomic E-state index is 12.3. The molecule has 1 aliphatic rings. The molecule has 0 saturated carbocycles. The highest BCUT2D eigenvalue weighted by atomic mass is 16.2. The van der Waals surface area contributed by atoms with Crippen molar-refractivity contribution in [3.8, 4) is 0 Å². The van der Waals surface area contributed by atoms with Gasteiger partial charge in [0.1, 0.15) is 5.92 Å². The number of ketones is 3. The summed E-state index contributed by atoms with van der Waals surface area (Å²) in [5.41, 5.74) is 1.72. The minimum absolute atomic E-state index is 0.342. The zero-order valence-electron chi connectivity index (χ0n) is 11.2. The van der Waals surface area contributed by atoms with Crippen LogP contribution in [0.5, 0.6) is 0 Å². The van der Waals surface area contributed by atoms with Gasteiger partial charge in [-0.2, -0.15) is 0 Å². The molecule has 3 heteroatoms. The van der Waals surface area contributed by atoms with Gasteiger partial charge in [-0.05, 0) is 17.2 Å². The minimum Gasteiger partial charge on any atom is -0.294 e. The summed E-state index contributed by atoms with van der Waals surface area (Å²) in [6.07, 6.45) is 3.02. The van der Waals surface area contributed by atoms with Crippen molar-refractivity contribution in [1.29, 1.82) is 0 Å². The van der Waals surface area contributed by atoms with Gasteiger partial charge < -0.3 is 0 Å². The monoisotopic (exact) mass is 276 g/mol. The Morgan fingerprint density at radius 1 is 0.905 bits per heavy atom. The molecule has 21 heavy (non-hydrogen) atoms. The number of carbonyl (C=O) groups excluding carboxylic acids is 3. The molecule has 1 unspecified atom stereocenters. The van der Waals surface area contributed by atoms with Gasteiger partial charge in [0.25, 0.3) is 0 Å². The summed E-state index contributed by atoms with van der Waals surface area (Å²) in [5, 5.41) is 0. The van der Waals surface area contributed by atoms with E-state index in [9.17, 15) is 14.4 Å². The van der Waals surface area contributed by atoms with Crippen molar-refractivity contribution in [2.45, 2.75) is 5.92 Å². The number of fused-ring (bicyclic) bond motifs is 1. The topological polar surface area (TPSA) is 51.2 Å². The molecule has 0 radical (unpaired) electrons. The third kappa shape index (κ3) is 2.34. The van der Waals surface area contributed by atoms with E-state index in [0.29, 0.717) is 11.1 Å². The van der Waals surface area contributed by atoms with Crippen molar-refractivity contribution in [3.63, 3.8) is 0 Å². The fourth-order valence-electron chi connectivity index (χ4n) is 2.48. The Labute approximate surface area is 121 Å². The average Bonchev–Trinajstić information content (AvgIpc) is 2.78. The Balaban J connectivity index is 1.91. The second-order valence-electron chi connectivity index (χ2n) is 4.86. The second kappa shape index (κ2) is 5.29. The number of hydrogen-bond acceptors (Lipinski definition) is 3. The molecule has 0 N–H and O–H groups in total. The van der Waals surface area contributed by atoms with Crippen LogP contribution < -0.4 is 0 Å². The van der Waals surface area contributed by atoms with Crippen LogP contribution in [0, 0.1) is 0 Å². The molecule has 0 fully saturated rings. The van der Waals surface area contributed by atoms with Gasteiger partial charge in [0.2, 0.25) is 11.6 Å². The molecule has 1 atom stereocenters. The summed E-state index contributed by atoms with van der Waals surface area (Å²) >= 11 is 0. The van der Waals surface area contributed by atoms with Gasteiger partial charge in [-0.15, -0.1) is 0 Å². The molecule has 102 valence electrons. The first kappa shape index (κ1) is 13.2. The SMILES string of the molecule is O=C1C(=O)C(C(=O)C=Cc2ccccc2)c2ccccc21. The van der Waals surface area contributed by atoms with Crippen LogP contribution in [0.2, 0.25) is 0 Å². The van der Waals surface area contributed by atoms with Crippen LogP contribution >= 0.6 is 0 Å². The summed E-state index contributed by atoms with van der Waals surface area (Å²) < 4.78 is 0. The lowest BCUT2D eigenvalue weighted by atomic mass is 9.95. The zero-order valence-corrected chi connectivity index (χ0v) is 11.2. The Hall–Kier alpha value is -2.81. The quantitative estimate of drug-likeness (QED) is 0.492. The highest BCUT2D eigenvalue weighted by Gasteiger charge is 2.41. The Morgan fingerprint density at radius 2 is 1.57 bits per heavy atom. The third-order valence-corrected chi connectivity index (χ3v) is 3.53. The molecule has 0 aliphatic heterocycles. The van der Waals surface area contributed by atoms with Crippen molar-refractivity contribution in [2.24, 2.45) is 0 Å². The van der Waals surface area contributed by atoms with Gasteiger partial charge in [-0.3, -0.25) is 14.4 Å². The van der Waals surface area contributed by atoms with Gasteiger partial charge in [-0.25, -0.2) is 0 Å². The van der Waals surface area contributed by atoms with E-state index in [2.05, 4.69) is 0 Å². The molecule has 2 aromatic carbocycles. The van der Waals surface area contributed by atoms with Gasteiger partial charge in [0.15, 0.2) is 5.78 Å². The first-order valence-corrected chi connectivity index (χ1v) is 6.63. The lowest BCUT2D eigenvalue weighted by Crippen LogP contribution is -2.19. The van der Waals surface area contributed by atoms with Crippen LogP contribution in [0.25, 0.3) is 6.08 Å². The molecule has 0 heterocycles. The fraction of sp³-hybridized carbons (Fsp3) is 0.0556. The summed E-state index contributed by atoms with van der Waals surface area (Å²) in [6, 6.07) is 16.0. The molecular formula is C18H12O3. The number of Topliss-reactive ketones (excluding diaryl/α,β-unsaturated/α-hetero) is 2. The van der Waals surface area contributed by atoms with Gasteiger partial charge in [0.05, 0.1) is 0 Å². The maximum absolute atomic E-state index is 12.3. The van der Waals surface area contributed by atoms with E-state index in [-0.39, 0.29) is 5.78 Å². The molecule has 0 saturated heterocycles. The number of rotatable bonds is 3. The van der Waals surface area contributed by atoms with E-state index in [1.54, 1.807) is 30.3 Å². The molecule has 0 amide bonds. The van der Waals surface area contributed by atoms with Crippen LogP contribution in [-0.4, -0.2) is 17.3 Å². The summed E-state index contributed by atoms with van der Waals surface area (Å²) in [6.45, 7) is 0. The highest BCUT2D eigenvalue weighted by Crippen LogP contribution is 2.31. The lowest BCUT2D eigenvalue weighted by molar-refractivity contribution is -0.123. The zero-order chi connectivity index (χ0) is 14.8. The number of allylic oxidation sites excluding steroid dienone is 1. The van der Waals surface area contributed by atoms with E-state index >= 15 is 0 Å². The maximum Gasteiger partial charge on any atom is 0.230 e. The lowest BCUT2D eigenvalue weighted by Gasteiger charge is -2.04. The molecule has 3 rings (SSSR count). The highest BCUT2D eigenvalue weighted by molar-refractivity contribution is 6.52. The number of hydrogen-bond donors (Lipinski definition) is 0. The van der Waals surface area contributed by atoms with Crippen molar-refractivity contribution in [3.05, 3.63) is 77.4 Å². The summed E-state index contributed by atoms with van der Waals surface area (Å²) in [7, 11) is 0. The molecule has 0 bridgehead atoms. The van der Waals surface area contributed by atoms with Crippen LogP contribution in [0.1, 0.15) is 27.4 Å². The van der Waals surface area contributed by atoms with Gasteiger partial charge in [-0.1, -0.05) is 60.7 Å². The molecule has 2 aromatic rings. The second-order valence-corrected chi connectivity index (χ2v) is 4.86. The third-order valence-electron chi connectivity index (χ3n) is 3.53. The van der Waals surface area contributed by atoms with E-state index in [1.165, 1.54) is 6.08 Å². The molecular weight excluding hydrogens is 264 g/mol. The normalized spacial score (nSPS) is 17.2. The van der Waals surface area contributed by atoms with Gasteiger partial charge >= 0.3 is 0 Å². The molecule has 3 nitrogen and oxygen atoms in total. The predicted molar refractivity (Wildman–Crippen MR) is 79.0 cm³/mol. The predicted octanol–water partition coefficient (Wildman–Crippen LogP) is 2.82. The smallest absolute Gasteiger partial charge is 0.230 e. The van der Waals surface area contributed by atoms with E-state index in [0.717, 1.165) is 5.56 Å². The Morgan fingerprint density at radius 3 is 2.33 bits per heavy atom.